The van der Waals surface area contributed by atoms with E-state index in [9.17, 15) is 13.2 Å². The van der Waals surface area contributed by atoms with Crippen LogP contribution in [0.25, 0.3) is 0 Å². The lowest BCUT2D eigenvalue weighted by atomic mass is 10.1. The van der Waals surface area contributed by atoms with E-state index in [1.807, 2.05) is 26.0 Å². The maximum atomic E-state index is 13.1. The van der Waals surface area contributed by atoms with Crippen molar-refractivity contribution in [2.45, 2.75) is 44.9 Å². The summed E-state index contributed by atoms with van der Waals surface area (Å²) < 4.78 is 38.8. The van der Waals surface area contributed by atoms with Gasteiger partial charge in [-0.2, -0.15) is 4.31 Å². The standard InChI is InChI=1S/C23H30N2O5S/c1-4-29-21-8-7-19(16-22(21)31(27,28)25-10-5-6-11-25)24-23(26)9-12-30-20-14-17(2)13-18(3)15-20/h7-8,13-16H,4-6,9-12H2,1-3H3,(H,24,26). The van der Waals surface area contributed by atoms with Crippen molar-refractivity contribution in [1.29, 1.82) is 0 Å². The number of nitrogens with one attached hydrogen (secondary N) is 1. The molecule has 1 fully saturated rings. The minimum Gasteiger partial charge on any atom is -0.493 e. The van der Waals surface area contributed by atoms with Crippen molar-refractivity contribution in [2.75, 3.05) is 31.6 Å². The lowest BCUT2D eigenvalue weighted by molar-refractivity contribution is -0.116. The van der Waals surface area contributed by atoms with E-state index in [2.05, 4.69) is 11.4 Å². The number of aryl methyl sites for hydroxylation is 2. The molecule has 8 heteroatoms. The highest BCUT2D eigenvalue weighted by Gasteiger charge is 2.30. The lowest BCUT2D eigenvalue weighted by Crippen LogP contribution is -2.28. The van der Waals surface area contributed by atoms with E-state index in [1.165, 1.54) is 10.4 Å². The number of benzene rings is 2. The Morgan fingerprint density at radius 2 is 1.71 bits per heavy atom. The molecule has 7 nitrogen and oxygen atoms in total. The summed E-state index contributed by atoms with van der Waals surface area (Å²) in [6, 6.07) is 10.6. The minimum atomic E-state index is -3.68. The fourth-order valence-corrected chi connectivity index (χ4v) is 5.31. The fourth-order valence-electron chi connectivity index (χ4n) is 3.63. The summed E-state index contributed by atoms with van der Waals surface area (Å²) in [6.07, 6.45) is 1.84. The van der Waals surface area contributed by atoms with Gasteiger partial charge in [0.25, 0.3) is 0 Å². The highest BCUT2D eigenvalue weighted by atomic mass is 32.2. The van der Waals surface area contributed by atoms with E-state index in [-0.39, 0.29) is 23.8 Å². The van der Waals surface area contributed by atoms with Gasteiger partial charge in [0.05, 0.1) is 19.6 Å². The van der Waals surface area contributed by atoms with Crippen LogP contribution in [-0.4, -0.2) is 44.9 Å². The molecule has 1 amide bonds. The molecule has 2 aromatic carbocycles. The molecule has 0 aromatic heterocycles. The highest BCUT2D eigenvalue weighted by Crippen LogP contribution is 2.31. The first kappa shape index (κ1) is 23.1. The second kappa shape index (κ2) is 10.2. The van der Waals surface area contributed by atoms with E-state index in [0.29, 0.717) is 31.1 Å². The summed E-state index contributed by atoms with van der Waals surface area (Å²) in [5.41, 5.74) is 2.61. The van der Waals surface area contributed by atoms with Gasteiger partial charge in [-0.25, -0.2) is 8.42 Å². The van der Waals surface area contributed by atoms with Gasteiger partial charge < -0.3 is 14.8 Å². The van der Waals surface area contributed by atoms with Crippen LogP contribution in [0.1, 0.15) is 37.3 Å². The fraction of sp³-hybridized carbons (Fsp3) is 0.435. The van der Waals surface area contributed by atoms with Crippen molar-refractivity contribution in [3.63, 3.8) is 0 Å². The van der Waals surface area contributed by atoms with Gasteiger partial charge in [-0.05, 0) is 75.1 Å². The van der Waals surface area contributed by atoms with Gasteiger partial charge in [0, 0.05) is 18.8 Å². The topological polar surface area (TPSA) is 84.9 Å². The maximum Gasteiger partial charge on any atom is 0.246 e. The summed E-state index contributed by atoms with van der Waals surface area (Å²) in [5, 5.41) is 2.77. The molecule has 1 aliphatic rings. The van der Waals surface area contributed by atoms with E-state index >= 15 is 0 Å². The first-order valence-electron chi connectivity index (χ1n) is 10.6. The molecule has 0 saturated carbocycles. The number of hydrogen-bond acceptors (Lipinski definition) is 5. The van der Waals surface area contributed by atoms with E-state index < -0.39 is 10.0 Å². The van der Waals surface area contributed by atoms with Crippen LogP contribution in [0.15, 0.2) is 41.3 Å². The predicted molar refractivity (Wildman–Crippen MR) is 120 cm³/mol. The van der Waals surface area contributed by atoms with Crippen LogP contribution < -0.4 is 14.8 Å². The third-order valence-electron chi connectivity index (χ3n) is 5.00. The number of amides is 1. The van der Waals surface area contributed by atoms with Gasteiger partial charge in [0.15, 0.2) is 0 Å². The second-order valence-electron chi connectivity index (χ2n) is 7.68. The Kier molecular flexibility index (Phi) is 7.56. The van der Waals surface area contributed by atoms with Gasteiger partial charge >= 0.3 is 0 Å². The van der Waals surface area contributed by atoms with E-state index in [0.717, 1.165) is 29.7 Å². The highest BCUT2D eigenvalue weighted by molar-refractivity contribution is 7.89. The summed E-state index contributed by atoms with van der Waals surface area (Å²) >= 11 is 0. The zero-order valence-corrected chi connectivity index (χ0v) is 19.1. The van der Waals surface area contributed by atoms with Crippen LogP contribution >= 0.6 is 0 Å². The van der Waals surface area contributed by atoms with Gasteiger partial charge in [-0.3, -0.25) is 4.79 Å². The molecule has 0 atom stereocenters. The third-order valence-corrected chi connectivity index (χ3v) is 6.92. The van der Waals surface area contributed by atoms with E-state index in [1.54, 1.807) is 19.1 Å². The average molecular weight is 447 g/mol. The molecule has 2 aromatic rings. The van der Waals surface area contributed by atoms with Crippen LogP contribution in [0.2, 0.25) is 0 Å². The van der Waals surface area contributed by atoms with Gasteiger partial charge in [0.2, 0.25) is 15.9 Å². The summed E-state index contributed by atoms with van der Waals surface area (Å²) in [4.78, 5) is 12.5. The van der Waals surface area contributed by atoms with Crippen LogP contribution in [0.5, 0.6) is 11.5 Å². The summed E-state index contributed by atoms with van der Waals surface area (Å²) in [7, 11) is -3.68. The van der Waals surface area contributed by atoms with Crippen LogP contribution in [0.4, 0.5) is 5.69 Å². The SMILES string of the molecule is CCOc1ccc(NC(=O)CCOc2cc(C)cc(C)c2)cc1S(=O)(=O)N1CCCC1. The number of hydrogen-bond donors (Lipinski definition) is 1. The molecular weight excluding hydrogens is 416 g/mol. The molecule has 0 radical (unpaired) electrons. The number of sulfonamides is 1. The molecule has 1 aliphatic heterocycles. The predicted octanol–water partition coefficient (Wildman–Crippen LogP) is 3.89. The normalized spacial score (nSPS) is 14.4. The van der Waals surface area contributed by atoms with Crippen molar-refractivity contribution < 1.29 is 22.7 Å². The lowest BCUT2D eigenvalue weighted by Gasteiger charge is -2.19. The quantitative estimate of drug-likeness (QED) is 0.632. The summed E-state index contributed by atoms with van der Waals surface area (Å²) in [5.74, 6) is 0.772. The number of carbonyl (C=O) groups is 1. The van der Waals surface area contributed by atoms with Crippen molar-refractivity contribution in [2.24, 2.45) is 0 Å². The Bertz CT molecular complexity index is 1010. The Morgan fingerprint density at radius 3 is 2.35 bits per heavy atom. The zero-order valence-electron chi connectivity index (χ0n) is 18.3. The van der Waals surface area contributed by atoms with Crippen molar-refractivity contribution in [3.05, 3.63) is 47.5 Å². The molecule has 3 rings (SSSR count). The first-order valence-corrected chi connectivity index (χ1v) is 12.0. The number of anilines is 1. The molecule has 0 spiro atoms. The third kappa shape index (κ3) is 5.98. The monoisotopic (exact) mass is 446 g/mol. The molecule has 0 aliphatic carbocycles. The molecule has 1 saturated heterocycles. The van der Waals surface area contributed by atoms with Gasteiger partial charge in [-0.15, -0.1) is 0 Å². The maximum absolute atomic E-state index is 13.1. The molecule has 0 bridgehead atoms. The molecule has 0 unspecified atom stereocenters. The molecule has 168 valence electrons. The number of ether oxygens (including phenoxy) is 2. The molecule has 1 N–H and O–H groups in total. The molecular formula is C23H30N2O5S. The number of rotatable bonds is 9. The Morgan fingerprint density at radius 1 is 1.03 bits per heavy atom. The molecule has 31 heavy (non-hydrogen) atoms. The zero-order chi connectivity index (χ0) is 22.4. The van der Waals surface area contributed by atoms with Crippen LogP contribution in [0, 0.1) is 13.8 Å². The van der Waals surface area contributed by atoms with Crippen molar-refractivity contribution in [3.8, 4) is 11.5 Å². The Balaban J connectivity index is 1.67. The van der Waals surface area contributed by atoms with Crippen LogP contribution in [0.3, 0.4) is 0 Å². The molecule has 1 heterocycles. The number of carbonyl (C=O) groups excluding carboxylic acids is 1. The average Bonchev–Trinajstić information content (AvgIpc) is 3.24. The Hall–Kier alpha value is -2.58. The smallest absolute Gasteiger partial charge is 0.246 e. The van der Waals surface area contributed by atoms with Gasteiger partial charge in [-0.1, -0.05) is 6.07 Å². The largest absolute Gasteiger partial charge is 0.493 e. The Labute approximate surface area is 184 Å². The van der Waals surface area contributed by atoms with E-state index in [4.69, 9.17) is 9.47 Å². The minimum absolute atomic E-state index is 0.0838. The van der Waals surface area contributed by atoms with Crippen molar-refractivity contribution >= 4 is 21.6 Å². The van der Waals surface area contributed by atoms with Crippen LogP contribution in [-0.2, 0) is 14.8 Å². The first-order chi connectivity index (χ1) is 14.8. The number of nitrogens with zero attached hydrogens (tertiary/aromatic N) is 1. The van der Waals surface area contributed by atoms with Gasteiger partial charge in [0.1, 0.15) is 16.4 Å². The van der Waals surface area contributed by atoms with Crippen molar-refractivity contribution in [1.82, 2.24) is 4.31 Å². The second-order valence-corrected chi connectivity index (χ2v) is 9.58. The summed E-state index contributed by atoms with van der Waals surface area (Å²) in [6.45, 7) is 7.37.